The van der Waals surface area contributed by atoms with Crippen LogP contribution < -0.4 is 9.64 Å². The molecule has 0 spiro atoms. The van der Waals surface area contributed by atoms with E-state index in [1.165, 1.54) is 43.5 Å². The van der Waals surface area contributed by atoms with Gasteiger partial charge in [-0.3, -0.25) is 0 Å². The fourth-order valence-corrected chi connectivity index (χ4v) is 4.00. The molecule has 0 bridgehead atoms. The van der Waals surface area contributed by atoms with Crippen LogP contribution in [0.15, 0.2) is 42.5 Å². The Hall–Kier alpha value is -2.47. The molecule has 0 saturated carbocycles. The van der Waals surface area contributed by atoms with Gasteiger partial charge in [0.15, 0.2) is 5.13 Å². The zero-order chi connectivity index (χ0) is 17.2. The third-order valence-corrected chi connectivity index (χ3v) is 5.33. The van der Waals surface area contributed by atoms with Crippen molar-refractivity contribution in [3.8, 4) is 5.75 Å². The predicted octanol–water partition coefficient (Wildman–Crippen LogP) is 4.64. The van der Waals surface area contributed by atoms with Crippen molar-refractivity contribution in [1.82, 2.24) is 4.98 Å². The lowest BCUT2D eigenvalue weighted by molar-refractivity contribution is 0.0734. The monoisotopic (exact) mass is 356 g/mol. The van der Waals surface area contributed by atoms with Gasteiger partial charge in [-0.25, -0.2) is 14.2 Å². The fourth-order valence-electron chi connectivity index (χ4n) is 2.96. The van der Waals surface area contributed by atoms with Gasteiger partial charge >= 0.3 is 5.97 Å². The minimum atomic E-state index is -0.570. The first-order valence-corrected chi connectivity index (χ1v) is 9.14. The van der Waals surface area contributed by atoms with Crippen molar-refractivity contribution >= 4 is 32.7 Å². The summed E-state index contributed by atoms with van der Waals surface area (Å²) in [6.45, 7) is 2.09. The van der Waals surface area contributed by atoms with E-state index in [-0.39, 0.29) is 5.56 Å². The predicted molar refractivity (Wildman–Crippen MR) is 97.0 cm³/mol. The zero-order valence-corrected chi connectivity index (χ0v) is 14.4. The summed E-state index contributed by atoms with van der Waals surface area (Å²) in [6, 6.07) is 10.9. The van der Waals surface area contributed by atoms with E-state index in [1.807, 2.05) is 12.1 Å². The molecule has 25 heavy (non-hydrogen) atoms. The molecule has 0 aliphatic carbocycles. The number of carbonyl (C=O) groups is 1. The van der Waals surface area contributed by atoms with Gasteiger partial charge in [0.2, 0.25) is 0 Å². The van der Waals surface area contributed by atoms with Crippen LogP contribution in [0.25, 0.3) is 10.2 Å². The summed E-state index contributed by atoms with van der Waals surface area (Å²) in [5, 5.41) is 1.02. The van der Waals surface area contributed by atoms with Crippen LogP contribution in [0, 0.1) is 5.82 Å². The lowest BCUT2D eigenvalue weighted by Crippen LogP contribution is -2.29. The molecule has 1 saturated heterocycles. The molecule has 1 fully saturated rings. The molecule has 2 aromatic carbocycles. The summed E-state index contributed by atoms with van der Waals surface area (Å²) in [6.07, 6.45) is 3.68. The molecule has 0 amide bonds. The first kappa shape index (κ1) is 16.0. The van der Waals surface area contributed by atoms with E-state index >= 15 is 0 Å². The quantitative estimate of drug-likeness (QED) is 0.506. The smallest absolute Gasteiger partial charge is 0.343 e. The van der Waals surface area contributed by atoms with Crippen LogP contribution in [0.2, 0.25) is 0 Å². The maximum absolute atomic E-state index is 13.2. The number of anilines is 1. The summed E-state index contributed by atoms with van der Waals surface area (Å²) in [7, 11) is 0. The lowest BCUT2D eigenvalue weighted by Gasteiger charge is -2.25. The average Bonchev–Trinajstić information content (AvgIpc) is 3.06. The van der Waals surface area contributed by atoms with Crippen molar-refractivity contribution in [3.63, 3.8) is 0 Å². The molecule has 3 aromatic rings. The third-order valence-electron chi connectivity index (χ3n) is 4.25. The van der Waals surface area contributed by atoms with Gasteiger partial charge < -0.3 is 9.64 Å². The zero-order valence-electron chi connectivity index (χ0n) is 13.6. The fraction of sp³-hybridized carbons (Fsp3) is 0.263. The Morgan fingerprint density at radius 1 is 1.12 bits per heavy atom. The van der Waals surface area contributed by atoms with Gasteiger partial charge in [-0.05, 0) is 49.6 Å². The van der Waals surface area contributed by atoms with Gasteiger partial charge in [-0.1, -0.05) is 17.4 Å². The van der Waals surface area contributed by atoms with E-state index in [0.717, 1.165) is 28.4 Å². The number of ether oxygens (including phenoxy) is 1. The van der Waals surface area contributed by atoms with E-state index in [4.69, 9.17) is 4.74 Å². The average molecular weight is 356 g/mol. The van der Waals surface area contributed by atoms with Gasteiger partial charge in [-0.15, -0.1) is 0 Å². The maximum Gasteiger partial charge on any atom is 0.343 e. The highest BCUT2D eigenvalue weighted by Crippen LogP contribution is 2.32. The van der Waals surface area contributed by atoms with E-state index < -0.39 is 11.8 Å². The van der Waals surface area contributed by atoms with Gasteiger partial charge in [0.1, 0.15) is 11.6 Å². The number of hydrogen-bond acceptors (Lipinski definition) is 5. The number of piperidine rings is 1. The Labute approximate surface area is 148 Å². The number of rotatable bonds is 3. The summed E-state index contributed by atoms with van der Waals surface area (Å²) >= 11 is 1.61. The van der Waals surface area contributed by atoms with Crippen molar-refractivity contribution in [2.24, 2.45) is 0 Å². The normalized spacial score (nSPS) is 14.7. The number of esters is 1. The van der Waals surface area contributed by atoms with E-state index in [1.54, 1.807) is 17.4 Å². The van der Waals surface area contributed by atoms with E-state index in [9.17, 15) is 9.18 Å². The van der Waals surface area contributed by atoms with Crippen molar-refractivity contribution in [2.75, 3.05) is 18.0 Å². The number of carbonyl (C=O) groups excluding carboxylic acids is 1. The van der Waals surface area contributed by atoms with Crippen molar-refractivity contribution in [1.29, 1.82) is 0 Å². The van der Waals surface area contributed by atoms with Crippen LogP contribution in [-0.4, -0.2) is 24.0 Å². The van der Waals surface area contributed by atoms with Gasteiger partial charge in [0.05, 0.1) is 15.8 Å². The molecule has 6 heteroatoms. The summed E-state index contributed by atoms with van der Waals surface area (Å²) in [5.41, 5.74) is 1.09. The molecule has 1 aromatic heterocycles. The number of hydrogen-bond donors (Lipinski definition) is 0. The van der Waals surface area contributed by atoms with Crippen molar-refractivity contribution in [3.05, 3.63) is 53.8 Å². The Kier molecular flexibility index (Phi) is 4.36. The molecule has 1 aliphatic rings. The first-order chi connectivity index (χ1) is 12.2. The molecule has 1 aliphatic heterocycles. The highest BCUT2D eigenvalue weighted by atomic mass is 32.1. The number of nitrogens with zero attached hydrogens (tertiary/aromatic N) is 2. The molecule has 2 heterocycles. The molecule has 0 N–H and O–H groups in total. The van der Waals surface area contributed by atoms with Crippen LogP contribution in [-0.2, 0) is 0 Å². The van der Waals surface area contributed by atoms with E-state index in [2.05, 4.69) is 9.88 Å². The minimum Gasteiger partial charge on any atom is -0.423 e. The lowest BCUT2D eigenvalue weighted by atomic mass is 10.1. The van der Waals surface area contributed by atoms with Crippen molar-refractivity contribution in [2.45, 2.75) is 19.3 Å². The summed E-state index contributed by atoms with van der Waals surface area (Å²) in [4.78, 5) is 19.1. The summed E-state index contributed by atoms with van der Waals surface area (Å²) < 4.78 is 19.6. The second kappa shape index (κ2) is 6.80. The standard InChI is InChI=1S/C19H17FN2O2S/c20-14-6-4-5-13(11-14)18(23)24-15-7-8-16-17(12-15)25-19(21-16)22-9-2-1-3-10-22/h4-8,11-12H,1-3,9-10H2. The van der Waals surface area contributed by atoms with E-state index in [0.29, 0.717) is 5.75 Å². The Morgan fingerprint density at radius 3 is 2.76 bits per heavy atom. The number of thiazole rings is 1. The van der Waals surface area contributed by atoms with Crippen LogP contribution in [0.5, 0.6) is 5.75 Å². The van der Waals surface area contributed by atoms with Gasteiger partial charge in [0.25, 0.3) is 0 Å². The van der Waals surface area contributed by atoms with Crippen LogP contribution in [0.3, 0.4) is 0 Å². The number of benzene rings is 2. The Balaban J connectivity index is 1.55. The number of halogens is 1. The van der Waals surface area contributed by atoms with Crippen LogP contribution >= 0.6 is 11.3 Å². The third kappa shape index (κ3) is 3.49. The molecular formula is C19H17FN2O2S. The van der Waals surface area contributed by atoms with Crippen LogP contribution in [0.4, 0.5) is 9.52 Å². The van der Waals surface area contributed by atoms with Crippen molar-refractivity contribution < 1.29 is 13.9 Å². The molecule has 0 unspecified atom stereocenters. The number of aromatic nitrogens is 1. The maximum atomic E-state index is 13.2. The minimum absolute atomic E-state index is 0.193. The Morgan fingerprint density at radius 2 is 1.96 bits per heavy atom. The molecule has 128 valence electrons. The topological polar surface area (TPSA) is 42.4 Å². The SMILES string of the molecule is O=C(Oc1ccc2nc(N3CCCCC3)sc2c1)c1cccc(F)c1. The highest BCUT2D eigenvalue weighted by molar-refractivity contribution is 7.22. The molecule has 4 nitrogen and oxygen atoms in total. The van der Waals surface area contributed by atoms with Gasteiger partial charge in [-0.2, -0.15) is 0 Å². The largest absolute Gasteiger partial charge is 0.423 e. The molecular weight excluding hydrogens is 339 g/mol. The second-order valence-electron chi connectivity index (χ2n) is 6.07. The molecule has 0 atom stereocenters. The number of fused-ring (bicyclic) bond motifs is 1. The Bertz CT molecular complexity index is 919. The second-order valence-corrected chi connectivity index (χ2v) is 7.08. The first-order valence-electron chi connectivity index (χ1n) is 8.32. The summed E-state index contributed by atoms with van der Waals surface area (Å²) in [5.74, 6) is -0.589. The van der Waals surface area contributed by atoms with Crippen LogP contribution in [0.1, 0.15) is 29.6 Å². The van der Waals surface area contributed by atoms with Gasteiger partial charge in [0, 0.05) is 19.2 Å². The highest BCUT2D eigenvalue weighted by Gasteiger charge is 2.16. The molecule has 4 rings (SSSR count). The molecule has 0 radical (unpaired) electrons.